The summed E-state index contributed by atoms with van der Waals surface area (Å²) >= 11 is 0. The first-order valence-corrected chi connectivity index (χ1v) is 6.16. The van der Waals surface area contributed by atoms with E-state index in [1.807, 2.05) is 0 Å². The number of hydrogen-bond donors (Lipinski definition) is 3. The highest BCUT2D eigenvalue weighted by Gasteiger charge is 2.28. The Morgan fingerprint density at radius 2 is 2.40 bits per heavy atom. The molecule has 1 unspecified atom stereocenters. The van der Waals surface area contributed by atoms with Gasteiger partial charge in [-0.25, -0.2) is 9.67 Å². The Morgan fingerprint density at radius 3 is 3.20 bits per heavy atom. The second-order valence-corrected chi connectivity index (χ2v) is 4.39. The van der Waals surface area contributed by atoms with Gasteiger partial charge in [0.2, 0.25) is 11.7 Å². The lowest BCUT2D eigenvalue weighted by atomic mass is 10.0. The van der Waals surface area contributed by atoms with E-state index in [9.17, 15) is 9.59 Å². The molecule has 0 saturated heterocycles. The summed E-state index contributed by atoms with van der Waals surface area (Å²) in [5.74, 6) is -0.00593. The minimum Gasteiger partial charge on any atom is -0.352 e. The number of H-pyrrole nitrogens is 1. The van der Waals surface area contributed by atoms with Gasteiger partial charge in [-0.3, -0.25) is 14.7 Å². The van der Waals surface area contributed by atoms with E-state index < -0.39 is 11.8 Å². The van der Waals surface area contributed by atoms with Crippen molar-refractivity contribution in [1.82, 2.24) is 30.3 Å². The molecule has 1 aliphatic heterocycles. The van der Waals surface area contributed by atoms with Gasteiger partial charge in [0.1, 0.15) is 11.6 Å². The van der Waals surface area contributed by atoms with E-state index >= 15 is 0 Å². The number of fused-ring (bicyclic) bond motifs is 1. The van der Waals surface area contributed by atoms with Crippen molar-refractivity contribution in [3.8, 4) is 0 Å². The van der Waals surface area contributed by atoms with E-state index in [0.717, 1.165) is 0 Å². The van der Waals surface area contributed by atoms with Gasteiger partial charge in [-0.15, -0.1) is 5.10 Å². The normalized spacial score (nSPS) is 18.1. The molecule has 1 aliphatic rings. The fourth-order valence-electron chi connectivity index (χ4n) is 2.12. The number of aryl methyl sites for hydroxylation is 1. The molecule has 1 atom stereocenters. The lowest BCUT2D eigenvalue weighted by Gasteiger charge is -2.08. The van der Waals surface area contributed by atoms with Crippen molar-refractivity contribution in [2.45, 2.75) is 18.9 Å². The maximum absolute atomic E-state index is 12.2. The number of rotatable bonds is 2. The van der Waals surface area contributed by atoms with Crippen LogP contribution >= 0.6 is 0 Å². The number of anilines is 1. The van der Waals surface area contributed by atoms with Gasteiger partial charge in [0.25, 0.3) is 5.91 Å². The van der Waals surface area contributed by atoms with Crippen LogP contribution in [-0.4, -0.2) is 43.8 Å². The SMILES string of the molecule is CNC(=O)c1n[nH]c(C2CCn3nccc3NC2=O)n1. The number of aromatic amines is 1. The van der Waals surface area contributed by atoms with E-state index in [1.54, 1.807) is 16.9 Å². The second-order valence-electron chi connectivity index (χ2n) is 4.39. The molecular formula is C11H13N7O2. The molecule has 20 heavy (non-hydrogen) atoms. The van der Waals surface area contributed by atoms with Gasteiger partial charge in [-0.2, -0.15) is 5.10 Å². The van der Waals surface area contributed by atoms with Crippen molar-refractivity contribution >= 4 is 17.6 Å². The van der Waals surface area contributed by atoms with Gasteiger partial charge in [-0.05, 0) is 6.42 Å². The molecule has 3 N–H and O–H groups in total. The molecule has 9 nitrogen and oxygen atoms in total. The molecule has 3 heterocycles. The Morgan fingerprint density at radius 1 is 1.55 bits per heavy atom. The zero-order valence-corrected chi connectivity index (χ0v) is 10.8. The number of carbonyl (C=O) groups is 2. The van der Waals surface area contributed by atoms with Gasteiger partial charge in [-0.1, -0.05) is 0 Å². The number of nitrogens with one attached hydrogen (secondary N) is 3. The third-order valence-electron chi connectivity index (χ3n) is 3.18. The van der Waals surface area contributed by atoms with Crippen LogP contribution in [0.25, 0.3) is 0 Å². The molecule has 0 radical (unpaired) electrons. The fraction of sp³-hybridized carbons (Fsp3) is 0.364. The van der Waals surface area contributed by atoms with E-state index in [2.05, 4.69) is 30.9 Å². The number of aromatic nitrogens is 5. The van der Waals surface area contributed by atoms with E-state index in [0.29, 0.717) is 24.6 Å². The van der Waals surface area contributed by atoms with E-state index in [4.69, 9.17) is 0 Å². The molecule has 0 fully saturated rings. The minimum absolute atomic E-state index is 0.0253. The Labute approximate surface area is 113 Å². The number of nitrogens with zero attached hydrogens (tertiary/aromatic N) is 4. The maximum atomic E-state index is 12.2. The molecule has 2 amide bonds. The van der Waals surface area contributed by atoms with Crippen molar-refractivity contribution in [2.24, 2.45) is 0 Å². The summed E-state index contributed by atoms with van der Waals surface area (Å²) in [6.07, 6.45) is 2.16. The number of amides is 2. The summed E-state index contributed by atoms with van der Waals surface area (Å²) in [7, 11) is 1.50. The van der Waals surface area contributed by atoms with Gasteiger partial charge >= 0.3 is 0 Å². The van der Waals surface area contributed by atoms with Crippen LogP contribution in [0.3, 0.4) is 0 Å². The van der Waals surface area contributed by atoms with Crippen LogP contribution in [0.1, 0.15) is 28.8 Å². The predicted molar refractivity (Wildman–Crippen MR) is 68.0 cm³/mol. The fourth-order valence-corrected chi connectivity index (χ4v) is 2.12. The quantitative estimate of drug-likeness (QED) is 0.682. The van der Waals surface area contributed by atoms with Crippen LogP contribution in [0.2, 0.25) is 0 Å². The third-order valence-corrected chi connectivity index (χ3v) is 3.18. The van der Waals surface area contributed by atoms with E-state index in [-0.39, 0.29) is 11.7 Å². The molecular weight excluding hydrogens is 262 g/mol. The van der Waals surface area contributed by atoms with Crippen LogP contribution in [0.4, 0.5) is 5.82 Å². The molecule has 2 aromatic rings. The van der Waals surface area contributed by atoms with Crippen LogP contribution in [0, 0.1) is 0 Å². The summed E-state index contributed by atoms with van der Waals surface area (Å²) in [5.41, 5.74) is 0. The predicted octanol–water partition coefficient (Wildman–Crippen LogP) is -0.513. The standard InChI is InChI=1S/C11H13N7O2/c1-12-11(20)9-15-8(16-17-9)6-3-5-18-7(2-4-13-18)14-10(6)19/h2,4,6H,3,5H2,1H3,(H,12,20)(H,14,19)(H,15,16,17). The molecule has 0 saturated carbocycles. The molecule has 0 aliphatic carbocycles. The third kappa shape index (κ3) is 2.02. The van der Waals surface area contributed by atoms with Gasteiger partial charge in [0, 0.05) is 19.7 Å². The van der Waals surface area contributed by atoms with Gasteiger partial charge in [0.15, 0.2) is 0 Å². The summed E-state index contributed by atoms with van der Waals surface area (Å²) in [4.78, 5) is 27.7. The minimum atomic E-state index is -0.484. The summed E-state index contributed by atoms with van der Waals surface area (Å²) in [5, 5.41) is 15.8. The van der Waals surface area contributed by atoms with Crippen molar-refractivity contribution in [1.29, 1.82) is 0 Å². The molecule has 0 bridgehead atoms. The topological polar surface area (TPSA) is 118 Å². The molecule has 0 aromatic carbocycles. The Bertz CT molecular complexity index is 659. The first kappa shape index (κ1) is 12.3. The second kappa shape index (κ2) is 4.76. The number of hydrogen-bond acceptors (Lipinski definition) is 5. The lowest BCUT2D eigenvalue weighted by Crippen LogP contribution is -2.21. The van der Waals surface area contributed by atoms with Crippen molar-refractivity contribution in [3.63, 3.8) is 0 Å². The Balaban J connectivity index is 1.84. The monoisotopic (exact) mass is 275 g/mol. The molecule has 3 rings (SSSR count). The zero-order chi connectivity index (χ0) is 14.1. The Kier molecular flexibility index (Phi) is 2.93. The molecule has 9 heteroatoms. The summed E-state index contributed by atoms with van der Waals surface area (Å²) in [6, 6.07) is 1.73. The maximum Gasteiger partial charge on any atom is 0.290 e. The number of carbonyl (C=O) groups excluding carboxylic acids is 2. The largest absolute Gasteiger partial charge is 0.352 e. The van der Waals surface area contributed by atoms with E-state index in [1.165, 1.54) is 7.05 Å². The zero-order valence-electron chi connectivity index (χ0n) is 10.8. The van der Waals surface area contributed by atoms with Crippen molar-refractivity contribution < 1.29 is 9.59 Å². The van der Waals surface area contributed by atoms with Gasteiger partial charge in [0.05, 0.1) is 12.1 Å². The molecule has 0 spiro atoms. The van der Waals surface area contributed by atoms with Crippen LogP contribution in [-0.2, 0) is 11.3 Å². The van der Waals surface area contributed by atoms with Gasteiger partial charge < -0.3 is 10.6 Å². The lowest BCUT2D eigenvalue weighted by molar-refractivity contribution is -0.117. The highest BCUT2D eigenvalue weighted by atomic mass is 16.2. The first-order chi connectivity index (χ1) is 9.69. The highest BCUT2D eigenvalue weighted by Crippen LogP contribution is 2.23. The average molecular weight is 275 g/mol. The van der Waals surface area contributed by atoms with Crippen LogP contribution in [0.15, 0.2) is 12.3 Å². The summed E-state index contributed by atoms with van der Waals surface area (Å²) in [6.45, 7) is 0.585. The molecule has 104 valence electrons. The summed E-state index contributed by atoms with van der Waals surface area (Å²) < 4.78 is 1.72. The highest BCUT2D eigenvalue weighted by molar-refractivity contribution is 5.95. The van der Waals surface area contributed by atoms with Crippen LogP contribution in [0.5, 0.6) is 0 Å². The average Bonchev–Trinajstić information content (AvgIpc) is 3.06. The van der Waals surface area contributed by atoms with Crippen molar-refractivity contribution in [2.75, 3.05) is 12.4 Å². The molecule has 2 aromatic heterocycles. The first-order valence-electron chi connectivity index (χ1n) is 6.16. The van der Waals surface area contributed by atoms with Crippen molar-refractivity contribution in [3.05, 3.63) is 23.9 Å². The Hall–Kier alpha value is -2.71. The smallest absolute Gasteiger partial charge is 0.290 e. The van der Waals surface area contributed by atoms with Crippen LogP contribution < -0.4 is 10.6 Å².